The summed E-state index contributed by atoms with van der Waals surface area (Å²) in [4.78, 5) is 12.0. The predicted molar refractivity (Wildman–Crippen MR) is 92.4 cm³/mol. The molecule has 1 aliphatic rings. The average Bonchev–Trinajstić information content (AvgIpc) is 2.44. The van der Waals surface area contributed by atoms with Crippen LogP contribution < -0.4 is 15.4 Å². The molecule has 7 heteroatoms. The van der Waals surface area contributed by atoms with Crippen LogP contribution in [0.15, 0.2) is 29.8 Å². The van der Waals surface area contributed by atoms with E-state index in [1.807, 2.05) is 0 Å². The van der Waals surface area contributed by atoms with Crippen LogP contribution in [-0.4, -0.2) is 31.6 Å². The second-order valence-corrected chi connectivity index (χ2v) is 5.77. The van der Waals surface area contributed by atoms with Crippen LogP contribution in [0.1, 0.15) is 13.3 Å². The smallest absolute Gasteiger partial charge is 0.261 e. The van der Waals surface area contributed by atoms with Crippen LogP contribution >= 0.6 is 35.6 Å². The fraction of sp³-hybridized carbons (Fsp3) is 0.400. The fourth-order valence-electron chi connectivity index (χ4n) is 2.03. The Hall–Kier alpha value is -0.940. The van der Waals surface area contributed by atoms with E-state index in [1.165, 1.54) is 5.57 Å². The third kappa shape index (κ3) is 6.05. The number of nitrogens with one attached hydrogen (secondary N) is 2. The SMILES string of the molecule is CC(Oc1cc(Cl)cc(Cl)c1)C(=O)NCC1=CCNCC1.Cl. The van der Waals surface area contributed by atoms with E-state index in [4.69, 9.17) is 27.9 Å². The Kier molecular flexibility index (Phi) is 8.04. The van der Waals surface area contributed by atoms with Crippen LogP contribution in [0, 0.1) is 0 Å². The minimum atomic E-state index is -0.609. The normalized spacial score (nSPS) is 15.3. The van der Waals surface area contributed by atoms with Crippen molar-refractivity contribution in [3.63, 3.8) is 0 Å². The first-order valence-corrected chi connectivity index (χ1v) is 7.59. The average molecular weight is 366 g/mol. The molecule has 0 aliphatic carbocycles. The summed E-state index contributed by atoms with van der Waals surface area (Å²) in [7, 11) is 0. The van der Waals surface area contributed by atoms with Crippen molar-refractivity contribution >= 4 is 41.5 Å². The summed E-state index contributed by atoms with van der Waals surface area (Å²) < 4.78 is 5.56. The van der Waals surface area contributed by atoms with Crippen molar-refractivity contribution in [2.45, 2.75) is 19.4 Å². The van der Waals surface area contributed by atoms with Gasteiger partial charge in [-0.25, -0.2) is 0 Å². The summed E-state index contributed by atoms with van der Waals surface area (Å²) in [6.45, 7) is 4.07. The molecule has 0 radical (unpaired) electrons. The van der Waals surface area contributed by atoms with Gasteiger partial charge in [-0.1, -0.05) is 34.9 Å². The van der Waals surface area contributed by atoms with Crippen LogP contribution in [0.4, 0.5) is 0 Å². The number of carbonyl (C=O) groups is 1. The lowest BCUT2D eigenvalue weighted by Gasteiger charge is -2.18. The minimum Gasteiger partial charge on any atom is -0.481 e. The Labute approximate surface area is 146 Å². The summed E-state index contributed by atoms with van der Waals surface area (Å²) in [5.74, 6) is 0.321. The van der Waals surface area contributed by atoms with Crippen molar-refractivity contribution in [1.82, 2.24) is 10.6 Å². The van der Waals surface area contributed by atoms with Gasteiger partial charge in [-0.3, -0.25) is 4.79 Å². The summed E-state index contributed by atoms with van der Waals surface area (Å²) in [5, 5.41) is 7.06. The van der Waals surface area contributed by atoms with Crippen LogP contribution in [-0.2, 0) is 4.79 Å². The molecule has 2 rings (SSSR count). The van der Waals surface area contributed by atoms with E-state index in [2.05, 4.69) is 16.7 Å². The van der Waals surface area contributed by atoms with E-state index >= 15 is 0 Å². The number of hydrogen-bond acceptors (Lipinski definition) is 3. The molecule has 4 nitrogen and oxygen atoms in total. The van der Waals surface area contributed by atoms with Gasteiger partial charge in [0.2, 0.25) is 0 Å². The highest BCUT2D eigenvalue weighted by Crippen LogP contribution is 2.24. The molecule has 1 atom stereocenters. The van der Waals surface area contributed by atoms with Gasteiger partial charge in [0, 0.05) is 23.1 Å². The molecule has 1 aliphatic heterocycles. The van der Waals surface area contributed by atoms with E-state index in [1.54, 1.807) is 25.1 Å². The highest BCUT2D eigenvalue weighted by molar-refractivity contribution is 6.34. The number of ether oxygens (including phenoxy) is 1. The standard InChI is InChI=1S/C15H18Cl2N2O2.ClH/c1-10(21-14-7-12(16)6-13(17)8-14)15(20)19-9-11-2-4-18-5-3-11;/h2,6-8,10,18H,3-5,9H2,1H3,(H,19,20);1H. The highest BCUT2D eigenvalue weighted by atomic mass is 35.5. The van der Waals surface area contributed by atoms with Crippen molar-refractivity contribution in [3.05, 3.63) is 39.9 Å². The van der Waals surface area contributed by atoms with Crippen LogP contribution in [0.25, 0.3) is 0 Å². The number of rotatable bonds is 5. The largest absolute Gasteiger partial charge is 0.481 e. The zero-order chi connectivity index (χ0) is 15.2. The van der Waals surface area contributed by atoms with Crippen molar-refractivity contribution < 1.29 is 9.53 Å². The van der Waals surface area contributed by atoms with Crippen LogP contribution in [0.2, 0.25) is 10.0 Å². The Morgan fingerprint density at radius 3 is 2.64 bits per heavy atom. The first-order valence-electron chi connectivity index (χ1n) is 6.83. The van der Waals surface area contributed by atoms with Gasteiger partial charge in [0.05, 0.1) is 0 Å². The number of hydrogen-bond donors (Lipinski definition) is 2. The molecular formula is C15H19Cl3N2O2. The second-order valence-electron chi connectivity index (χ2n) is 4.90. The highest BCUT2D eigenvalue weighted by Gasteiger charge is 2.15. The Morgan fingerprint density at radius 2 is 2.05 bits per heavy atom. The minimum absolute atomic E-state index is 0. The first kappa shape index (κ1) is 19.1. The molecule has 22 heavy (non-hydrogen) atoms. The molecule has 1 amide bonds. The molecule has 2 N–H and O–H groups in total. The summed E-state index contributed by atoms with van der Waals surface area (Å²) in [5.41, 5.74) is 1.24. The number of amides is 1. The molecule has 0 fully saturated rings. The third-order valence-electron chi connectivity index (χ3n) is 3.17. The predicted octanol–water partition coefficient (Wildman–Crippen LogP) is 3.22. The first-order chi connectivity index (χ1) is 10.0. The van der Waals surface area contributed by atoms with E-state index < -0.39 is 6.10 Å². The lowest BCUT2D eigenvalue weighted by molar-refractivity contribution is -0.127. The summed E-state index contributed by atoms with van der Waals surface area (Å²) in [6.07, 6.45) is 2.45. The van der Waals surface area contributed by atoms with E-state index in [0.717, 1.165) is 19.5 Å². The van der Waals surface area contributed by atoms with Crippen LogP contribution in [0.3, 0.4) is 0 Å². The van der Waals surface area contributed by atoms with E-state index in [0.29, 0.717) is 22.3 Å². The molecule has 1 heterocycles. The maximum absolute atomic E-state index is 12.0. The van der Waals surface area contributed by atoms with Gasteiger partial charge in [-0.15, -0.1) is 12.4 Å². The monoisotopic (exact) mass is 364 g/mol. The molecule has 0 aromatic heterocycles. The van der Waals surface area contributed by atoms with E-state index in [-0.39, 0.29) is 18.3 Å². The number of halogens is 3. The number of carbonyl (C=O) groups excluding carboxylic acids is 1. The molecule has 0 saturated heterocycles. The van der Waals surface area contributed by atoms with Gasteiger partial charge in [0.1, 0.15) is 5.75 Å². The Balaban J connectivity index is 0.00000242. The molecule has 0 spiro atoms. The summed E-state index contributed by atoms with van der Waals surface area (Å²) >= 11 is 11.8. The van der Waals surface area contributed by atoms with Gasteiger partial charge >= 0.3 is 0 Å². The molecule has 1 unspecified atom stereocenters. The van der Waals surface area contributed by atoms with Crippen molar-refractivity contribution in [2.24, 2.45) is 0 Å². The topological polar surface area (TPSA) is 50.4 Å². The third-order valence-corrected chi connectivity index (χ3v) is 3.60. The van der Waals surface area contributed by atoms with Gasteiger partial charge in [0.15, 0.2) is 6.10 Å². The van der Waals surface area contributed by atoms with Crippen molar-refractivity contribution in [2.75, 3.05) is 19.6 Å². The Morgan fingerprint density at radius 1 is 1.36 bits per heavy atom. The molecule has 0 bridgehead atoms. The number of benzene rings is 1. The lowest BCUT2D eigenvalue weighted by atomic mass is 10.1. The Bertz CT molecular complexity index is 529. The zero-order valence-corrected chi connectivity index (χ0v) is 14.5. The van der Waals surface area contributed by atoms with Crippen molar-refractivity contribution in [3.8, 4) is 5.75 Å². The molecular weight excluding hydrogens is 347 g/mol. The quantitative estimate of drug-likeness (QED) is 0.788. The lowest BCUT2D eigenvalue weighted by Crippen LogP contribution is -2.38. The second kappa shape index (κ2) is 9.26. The van der Waals surface area contributed by atoms with Gasteiger partial charge < -0.3 is 15.4 Å². The maximum atomic E-state index is 12.0. The summed E-state index contributed by atoms with van der Waals surface area (Å²) in [6, 6.07) is 4.88. The van der Waals surface area contributed by atoms with Crippen molar-refractivity contribution in [1.29, 1.82) is 0 Å². The zero-order valence-electron chi connectivity index (χ0n) is 12.2. The molecule has 1 aromatic rings. The van der Waals surface area contributed by atoms with Crippen LogP contribution in [0.5, 0.6) is 5.75 Å². The van der Waals surface area contributed by atoms with Gasteiger partial charge in [0.25, 0.3) is 5.91 Å². The van der Waals surface area contributed by atoms with E-state index in [9.17, 15) is 4.79 Å². The van der Waals surface area contributed by atoms with Gasteiger partial charge in [-0.05, 0) is 38.1 Å². The molecule has 0 saturated carbocycles. The molecule has 1 aromatic carbocycles. The van der Waals surface area contributed by atoms with Gasteiger partial charge in [-0.2, -0.15) is 0 Å². The fourth-order valence-corrected chi connectivity index (χ4v) is 2.53. The maximum Gasteiger partial charge on any atom is 0.261 e. The molecule has 122 valence electrons.